The van der Waals surface area contributed by atoms with Crippen LogP contribution in [0.15, 0.2) is 186 Å². The van der Waals surface area contributed by atoms with Gasteiger partial charge >= 0.3 is 0 Å². The zero-order valence-electron chi connectivity index (χ0n) is 29.0. The quantitative estimate of drug-likeness (QED) is 0.180. The second kappa shape index (κ2) is 12.1. The molecule has 5 heteroatoms. The van der Waals surface area contributed by atoms with Gasteiger partial charge in [-0.15, -0.1) is 0 Å². The van der Waals surface area contributed by atoms with Gasteiger partial charge in [0.2, 0.25) is 0 Å². The molecule has 0 radical (unpaired) electrons. The minimum atomic E-state index is 0.618. The predicted octanol–water partition coefficient (Wildman–Crippen LogP) is 12.7. The monoisotopic (exact) mass is 690 g/mol. The molecule has 0 fully saturated rings. The lowest BCUT2D eigenvalue weighted by Crippen LogP contribution is -2.01. The molecule has 0 unspecified atom stereocenters. The van der Waals surface area contributed by atoms with E-state index in [9.17, 15) is 0 Å². The first-order valence-electron chi connectivity index (χ1n) is 18.1. The van der Waals surface area contributed by atoms with Crippen LogP contribution in [0.5, 0.6) is 0 Å². The number of hydrogen-bond donors (Lipinski definition) is 0. The molecule has 11 rings (SSSR count). The summed E-state index contributed by atoms with van der Waals surface area (Å²) in [5.74, 6) is 1.86. The number of benzene rings is 8. The molecule has 3 aromatic heterocycles. The summed E-state index contributed by atoms with van der Waals surface area (Å²) < 4.78 is 8.65. The van der Waals surface area contributed by atoms with Gasteiger partial charge in [0, 0.05) is 49.3 Å². The fraction of sp³-hybridized carbons (Fsp3) is 0. The van der Waals surface area contributed by atoms with Crippen LogP contribution < -0.4 is 0 Å². The second-order valence-corrected chi connectivity index (χ2v) is 13.6. The number of rotatable bonds is 5. The molecule has 0 atom stereocenters. The summed E-state index contributed by atoms with van der Waals surface area (Å²) in [6.45, 7) is 0. The smallest absolute Gasteiger partial charge is 0.164 e. The zero-order chi connectivity index (χ0) is 35.6. The summed E-state index contributed by atoms with van der Waals surface area (Å²) in [5.41, 5.74) is 10.1. The lowest BCUT2D eigenvalue weighted by atomic mass is 9.98. The lowest BCUT2D eigenvalue weighted by molar-refractivity contribution is 0.672. The highest BCUT2D eigenvalue weighted by atomic mass is 16.3. The maximum absolute atomic E-state index is 6.33. The molecule has 0 N–H and O–H groups in total. The van der Waals surface area contributed by atoms with Gasteiger partial charge in [-0.2, -0.15) is 0 Å². The molecule has 3 heterocycles. The van der Waals surface area contributed by atoms with Gasteiger partial charge in [0.15, 0.2) is 17.5 Å². The lowest BCUT2D eigenvalue weighted by Gasteiger charge is -2.12. The maximum atomic E-state index is 6.33. The Balaban J connectivity index is 1.03. The van der Waals surface area contributed by atoms with Gasteiger partial charge in [0.1, 0.15) is 11.2 Å². The SMILES string of the molecule is c1ccc(-c2nc(-c3cccc(-c4ccc5c(ccc6c7ccccc7oc56)c4)c3)nc(-c3cccc(-n4c5ccccc5c5ccccc54)c3)n2)cc1. The van der Waals surface area contributed by atoms with Gasteiger partial charge in [0.05, 0.1) is 11.0 Å². The number of fused-ring (bicyclic) bond motifs is 8. The van der Waals surface area contributed by atoms with Crippen molar-refractivity contribution in [2.24, 2.45) is 0 Å². The van der Waals surface area contributed by atoms with Gasteiger partial charge in [-0.3, -0.25) is 0 Å². The van der Waals surface area contributed by atoms with E-state index in [1.807, 2.05) is 42.5 Å². The molecule has 0 spiro atoms. The fourth-order valence-electron chi connectivity index (χ4n) is 7.86. The maximum Gasteiger partial charge on any atom is 0.164 e. The number of para-hydroxylation sites is 3. The Bertz CT molecular complexity index is 3180. The summed E-state index contributed by atoms with van der Waals surface area (Å²) in [6.07, 6.45) is 0. The number of hydrogen-bond acceptors (Lipinski definition) is 4. The Morgan fingerprint density at radius 1 is 0.352 bits per heavy atom. The first-order chi connectivity index (χ1) is 26.7. The van der Waals surface area contributed by atoms with Crippen molar-refractivity contribution in [2.45, 2.75) is 0 Å². The van der Waals surface area contributed by atoms with Gasteiger partial charge in [-0.25, -0.2) is 15.0 Å². The highest BCUT2D eigenvalue weighted by Crippen LogP contribution is 2.37. The Morgan fingerprint density at radius 3 is 1.67 bits per heavy atom. The average Bonchev–Trinajstić information content (AvgIpc) is 3.80. The van der Waals surface area contributed by atoms with E-state index >= 15 is 0 Å². The fourth-order valence-corrected chi connectivity index (χ4v) is 7.86. The van der Waals surface area contributed by atoms with Crippen LogP contribution in [0.1, 0.15) is 0 Å². The molecule has 0 aliphatic heterocycles. The van der Waals surface area contributed by atoms with Crippen LogP contribution in [0.2, 0.25) is 0 Å². The zero-order valence-corrected chi connectivity index (χ0v) is 29.0. The van der Waals surface area contributed by atoms with Crippen LogP contribution in [-0.4, -0.2) is 19.5 Å². The Kier molecular flexibility index (Phi) is 6.79. The molecule has 0 bridgehead atoms. The van der Waals surface area contributed by atoms with Gasteiger partial charge in [-0.05, 0) is 71.1 Å². The van der Waals surface area contributed by atoms with Crippen molar-refractivity contribution in [3.8, 4) is 51.0 Å². The van der Waals surface area contributed by atoms with E-state index < -0.39 is 0 Å². The third kappa shape index (κ3) is 4.90. The van der Waals surface area contributed by atoms with Crippen molar-refractivity contribution in [1.82, 2.24) is 19.5 Å². The van der Waals surface area contributed by atoms with Gasteiger partial charge < -0.3 is 8.98 Å². The number of aromatic nitrogens is 4. The summed E-state index contributed by atoms with van der Waals surface area (Å²) >= 11 is 0. The minimum absolute atomic E-state index is 0.618. The molecule has 0 amide bonds. The molecule has 0 saturated heterocycles. The van der Waals surface area contributed by atoms with E-state index in [1.54, 1.807) is 0 Å². The highest BCUT2D eigenvalue weighted by Gasteiger charge is 2.17. The van der Waals surface area contributed by atoms with E-state index in [0.29, 0.717) is 17.5 Å². The number of nitrogens with zero attached hydrogens (tertiary/aromatic N) is 4. The molecule has 5 nitrogen and oxygen atoms in total. The van der Waals surface area contributed by atoms with Crippen molar-refractivity contribution < 1.29 is 4.42 Å². The van der Waals surface area contributed by atoms with Gasteiger partial charge in [0.25, 0.3) is 0 Å². The Hall–Kier alpha value is -7.37. The van der Waals surface area contributed by atoms with E-state index in [0.717, 1.165) is 77.2 Å². The van der Waals surface area contributed by atoms with Crippen molar-refractivity contribution >= 4 is 54.5 Å². The minimum Gasteiger partial charge on any atom is -0.455 e. The van der Waals surface area contributed by atoms with Crippen molar-refractivity contribution in [3.05, 3.63) is 182 Å². The standard InChI is InChI=1S/C49H30N4O/c1-2-12-31(13-3-1)47-50-48(52-49(51-47)36-16-11-17-37(30-36)53-43-21-7-4-18-39(43)40-19-5-8-22-44(40)53)35-15-10-14-32(29-35)33-24-26-38-34(28-33)25-27-42-41-20-6-9-23-45(41)54-46(38)42/h1-30H. The Labute approximate surface area is 310 Å². The van der Waals surface area contributed by atoms with Crippen LogP contribution in [-0.2, 0) is 0 Å². The summed E-state index contributed by atoms with van der Waals surface area (Å²) in [7, 11) is 0. The molecule has 0 aliphatic carbocycles. The van der Waals surface area contributed by atoms with Crippen molar-refractivity contribution in [3.63, 3.8) is 0 Å². The topological polar surface area (TPSA) is 56.7 Å². The molecular weight excluding hydrogens is 661 g/mol. The first kappa shape index (κ1) is 30.3. The summed E-state index contributed by atoms with van der Waals surface area (Å²) in [5, 5.41) is 6.94. The molecule has 11 aromatic rings. The van der Waals surface area contributed by atoms with E-state index in [4.69, 9.17) is 19.4 Å². The molecule has 8 aromatic carbocycles. The van der Waals surface area contributed by atoms with Crippen molar-refractivity contribution in [2.75, 3.05) is 0 Å². The van der Waals surface area contributed by atoms with Crippen molar-refractivity contribution in [1.29, 1.82) is 0 Å². The molecular formula is C49H30N4O. The van der Waals surface area contributed by atoms with Crippen LogP contribution in [0, 0.1) is 0 Å². The molecule has 0 saturated carbocycles. The van der Waals surface area contributed by atoms with Crippen LogP contribution in [0.4, 0.5) is 0 Å². The van der Waals surface area contributed by atoms with Crippen LogP contribution in [0.3, 0.4) is 0 Å². The first-order valence-corrected chi connectivity index (χ1v) is 18.1. The molecule has 54 heavy (non-hydrogen) atoms. The molecule has 0 aliphatic rings. The largest absolute Gasteiger partial charge is 0.455 e. The van der Waals surface area contributed by atoms with E-state index in [-0.39, 0.29) is 0 Å². The summed E-state index contributed by atoms with van der Waals surface area (Å²) in [6, 6.07) is 63.3. The second-order valence-electron chi connectivity index (χ2n) is 13.6. The highest BCUT2D eigenvalue weighted by molar-refractivity contribution is 6.15. The predicted molar refractivity (Wildman–Crippen MR) is 221 cm³/mol. The third-order valence-electron chi connectivity index (χ3n) is 10.4. The normalized spacial score (nSPS) is 11.7. The van der Waals surface area contributed by atoms with E-state index in [1.165, 1.54) is 10.8 Å². The van der Waals surface area contributed by atoms with E-state index in [2.05, 4.69) is 144 Å². The average molecular weight is 691 g/mol. The van der Waals surface area contributed by atoms with Gasteiger partial charge in [-0.1, -0.05) is 127 Å². The molecule has 252 valence electrons. The Morgan fingerprint density at radius 2 is 0.907 bits per heavy atom. The summed E-state index contributed by atoms with van der Waals surface area (Å²) in [4.78, 5) is 15.3. The third-order valence-corrected chi connectivity index (χ3v) is 10.4. The number of furan rings is 1. The van der Waals surface area contributed by atoms with Crippen LogP contribution in [0.25, 0.3) is 105 Å². The van der Waals surface area contributed by atoms with Crippen LogP contribution >= 0.6 is 0 Å².